The van der Waals surface area contributed by atoms with E-state index in [-0.39, 0.29) is 6.61 Å². The number of aliphatic hydroxyl groups excluding tert-OH is 10. The van der Waals surface area contributed by atoms with Crippen molar-refractivity contribution in [2.75, 3.05) is 40.0 Å². The highest BCUT2D eigenvalue weighted by Crippen LogP contribution is 2.36. The van der Waals surface area contributed by atoms with Crippen LogP contribution in [0.3, 0.4) is 0 Å². The number of carbonyl (C=O) groups is 2. The van der Waals surface area contributed by atoms with Crippen LogP contribution >= 0.6 is 0 Å². The lowest BCUT2D eigenvalue weighted by Gasteiger charge is -2.50. The summed E-state index contributed by atoms with van der Waals surface area (Å²) in [6, 6.07) is -2.80. The third kappa shape index (κ3) is 10.2. The summed E-state index contributed by atoms with van der Waals surface area (Å²) >= 11 is 0. The van der Waals surface area contributed by atoms with Crippen molar-refractivity contribution in [1.29, 1.82) is 0 Å². The molecule has 0 aliphatic carbocycles. The minimum atomic E-state index is -2.01. The smallest absolute Gasteiger partial charge is 0.217 e. The van der Waals surface area contributed by atoms with E-state index in [0.29, 0.717) is 6.54 Å². The fourth-order valence-corrected chi connectivity index (χ4v) is 6.74. The minimum absolute atomic E-state index is 0.0319. The Labute approximate surface area is 309 Å². The van der Waals surface area contributed by atoms with Crippen molar-refractivity contribution in [1.82, 2.24) is 16.0 Å². The van der Waals surface area contributed by atoms with Crippen LogP contribution in [0.5, 0.6) is 0 Å². The van der Waals surface area contributed by atoms with E-state index in [1.54, 1.807) is 7.05 Å². The molecule has 2 amide bonds. The van der Waals surface area contributed by atoms with Crippen LogP contribution in [-0.4, -0.2) is 226 Å². The summed E-state index contributed by atoms with van der Waals surface area (Å²) < 4.78 is 46.9. The summed E-state index contributed by atoms with van der Waals surface area (Å²) in [7, 11) is 1.66. The fourth-order valence-electron chi connectivity index (χ4n) is 6.74. The largest absolute Gasteiger partial charge is 0.394 e. The van der Waals surface area contributed by atoms with Gasteiger partial charge in [-0.15, -0.1) is 0 Å². The molecule has 0 aromatic rings. The third-order valence-electron chi connectivity index (χ3n) is 9.51. The Morgan fingerprint density at radius 1 is 0.611 bits per heavy atom. The summed E-state index contributed by atoms with van der Waals surface area (Å²) in [4.78, 5) is 24.5. The maximum Gasteiger partial charge on any atom is 0.217 e. The van der Waals surface area contributed by atoms with Gasteiger partial charge < -0.3 is 105 Å². The number of nitrogens with one attached hydrogen (secondary N) is 3. The average Bonchev–Trinajstić information content (AvgIpc) is 3.41. The zero-order valence-electron chi connectivity index (χ0n) is 30.1. The maximum atomic E-state index is 12.5. The Morgan fingerprint density at radius 3 is 1.69 bits per heavy atom. The molecule has 4 aliphatic rings. The van der Waals surface area contributed by atoms with Crippen LogP contribution < -0.4 is 16.0 Å². The van der Waals surface area contributed by atoms with Gasteiger partial charge in [-0.3, -0.25) is 9.59 Å². The second-order valence-electron chi connectivity index (χ2n) is 13.6. The van der Waals surface area contributed by atoms with Gasteiger partial charge in [0, 0.05) is 20.4 Å². The summed E-state index contributed by atoms with van der Waals surface area (Å²) in [5.74, 6) is -1.30. The number of likely N-dealkylation sites (N-methyl/N-ethyl adjacent to an activating group) is 1. The van der Waals surface area contributed by atoms with E-state index < -0.39 is 154 Å². The minimum Gasteiger partial charge on any atom is -0.394 e. The molecule has 0 spiro atoms. The molecule has 23 heteroatoms. The van der Waals surface area contributed by atoms with E-state index >= 15 is 0 Å². The van der Waals surface area contributed by atoms with Gasteiger partial charge in [-0.1, -0.05) is 0 Å². The van der Waals surface area contributed by atoms with Crippen molar-refractivity contribution < 1.29 is 98.5 Å². The van der Waals surface area contributed by atoms with Gasteiger partial charge in [0.1, 0.15) is 91.4 Å². The normalized spacial score (nSPS) is 44.8. The molecule has 0 bridgehead atoms. The number of ether oxygens (including phenoxy) is 8. The number of hydrogen-bond acceptors (Lipinski definition) is 21. The van der Waals surface area contributed by atoms with Crippen LogP contribution in [-0.2, 0) is 47.5 Å². The summed E-state index contributed by atoms with van der Waals surface area (Å²) in [5.41, 5.74) is 0. The van der Waals surface area contributed by atoms with Crippen LogP contribution in [0, 0.1) is 0 Å². The lowest BCUT2D eigenvalue weighted by atomic mass is 9.94. The predicted octanol–water partition coefficient (Wildman–Crippen LogP) is -8.19. The van der Waals surface area contributed by atoms with Gasteiger partial charge in [-0.25, -0.2) is 0 Å². The van der Waals surface area contributed by atoms with Crippen LogP contribution in [0.1, 0.15) is 20.8 Å². The molecule has 0 unspecified atom stereocenters. The first kappa shape index (κ1) is 44.9. The second-order valence-corrected chi connectivity index (χ2v) is 13.6. The molecule has 4 saturated heterocycles. The molecule has 0 saturated carbocycles. The number of carbonyl (C=O) groups excluding carboxylic acids is 2. The monoisotopic (exact) mass is 789 g/mol. The number of amides is 2. The van der Waals surface area contributed by atoms with E-state index in [1.807, 2.05) is 0 Å². The predicted molar refractivity (Wildman–Crippen MR) is 173 cm³/mol. The van der Waals surface area contributed by atoms with E-state index in [9.17, 15) is 60.7 Å². The van der Waals surface area contributed by atoms with E-state index in [4.69, 9.17) is 37.9 Å². The SMILES string of the molecule is CNCCO[C@@H]1O[C@H](CO)[C@@H](O[C@@H]2O[C@H](CO)[C@H](O)[C@H](O[C@@H]3O[C@H](CO)[C@@H](O)[C@H](O)[C@H]3NC(C)=O)[C@H]2O)[C@H](O[C@H]2O[C@@H]([C@@H](C)O)[C@H](O)[C@H]2O)[C@H]1NC(C)=O. The zero-order chi connectivity index (χ0) is 40.0. The van der Waals surface area contributed by atoms with Gasteiger partial charge in [0.15, 0.2) is 25.2 Å². The van der Waals surface area contributed by atoms with Gasteiger partial charge in [-0.05, 0) is 14.0 Å². The van der Waals surface area contributed by atoms with E-state index in [0.717, 1.165) is 6.92 Å². The molecule has 13 N–H and O–H groups in total. The Bertz CT molecular complexity index is 1190. The van der Waals surface area contributed by atoms with Crippen LogP contribution in [0.25, 0.3) is 0 Å². The maximum absolute atomic E-state index is 12.5. The molecule has 4 aliphatic heterocycles. The molecule has 23 nitrogen and oxygen atoms in total. The molecule has 4 rings (SSSR count). The molecule has 314 valence electrons. The molecular weight excluding hydrogens is 734 g/mol. The Hall–Kier alpha value is -1.82. The van der Waals surface area contributed by atoms with Gasteiger partial charge in [0.05, 0.1) is 32.5 Å². The lowest BCUT2D eigenvalue weighted by molar-refractivity contribution is -0.376. The molecule has 0 aromatic carbocycles. The van der Waals surface area contributed by atoms with E-state index in [2.05, 4.69) is 16.0 Å². The highest BCUT2D eigenvalue weighted by atomic mass is 16.8. The van der Waals surface area contributed by atoms with Crippen molar-refractivity contribution in [3.8, 4) is 0 Å². The quantitative estimate of drug-likeness (QED) is 0.0646. The molecule has 4 heterocycles. The first-order valence-electron chi connectivity index (χ1n) is 17.6. The zero-order valence-corrected chi connectivity index (χ0v) is 30.1. The number of hydrogen-bond donors (Lipinski definition) is 13. The summed E-state index contributed by atoms with van der Waals surface area (Å²) in [5, 5.41) is 114. The van der Waals surface area contributed by atoms with Crippen molar-refractivity contribution in [2.24, 2.45) is 0 Å². The van der Waals surface area contributed by atoms with Crippen molar-refractivity contribution in [3.05, 3.63) is 0 Å². The van der Waals surface area contributed by atoms with Gasteiger partial charge in [0.2, 0.25) is 11.8 Å². The Balaban J connectivity index is 1.69. The van der Waals surface area contributed by atoms with Gasteiger partial charge in [0.25, 0.3) is 0 Å². The van der Waals surface area contributed by atoms with Gasteiger partial charge in [-0.2, -0.15) is 0 Å². The van der Waals surface area contributed by atoms with Crippen molar-refractivity contribution in [3.63, 3.8) is 0 Å². The van der Waals surface area contributed by atoms with Crippen LogP contribution in [0.2, 0.25) is 0 Å². The molecule has 4 fully saturated rings. The molecule has 0 radical (unpaired) electrons. The summed E-state index contributed by atoms with van der Waals surface area (Å²) in [6.07, 6.45) is -29.1. The van der Waals surface area contributed by atoms with Gasteiger partial charge >= 0.3 is 0 Å². The summed E-state index contributed by atoms with van der Waals surface area (Å²) in [6.45, 7) is 1.46. The average molecular weight is 790 g/mol. The standard InChI is InChI=1S/C31H55N3O20/c1-10(38)24-21(44)22(45)30(51-24)53-26-17(34-12(3)40)28(47-6-5-32-4)50-15(9-37)25(26)52-31-23(46)27(19(42)14(8-36)49-31)54-29-16(33-11(2)39)20(43)18(41)13(7-35)48-29/h10,13-32,35-38,41-46H,5-9H2,1-4H3,(H,33,39)(H,34,40)/t10-,13-,14-,15-,16-,17-,18-,19+,20-,21-,22-,23-,24+,25-,26-,27+,28-,29+,30-,31+/m1/s1. The van der Waals surface area contributed by atoms with Crippen LogP contribution in [0.15, 0.2) is 0 Å². The number of rotatable bonds is 16. The van der Waals surface area contributed by atoms with E-state index in [1.165, 1.54) is 13.8 Å². The third-order valence-corrected chi connectivity index (χ3v) is 9.51. The molecule has 20 atom stereocenters. The first-order chi connectivity index (χ1) is 25.6. The fraction of sp³-hybridized carbons (Fsp3) is 0.935. The topological polar surface area (TPSA) is 346 Å². The highest BCUT2D eigenvalue weighted by Gasteiger charge is 2.57. The number of aliphatic hydroxyl groups is 10. The lowest BCUT2D eigenvalue weighted by Crippen LogP contribution is -2.70. The second kappa shape index (κ2) is 20.0. The Kier molecular flexibility index (Phi) is 16.7. The first-order valence-corrected chi connectivity index (χ1v) is 17.6. The highest BCUT2D eigenvalue weighted by molar-refractivity contribution is 5.73. The Morgan fingerprint density at radius 2 is 1.13 bits per heavy atom. The van der Waals surface area contributed by atoms with Crippen molar-refractivity contribution in [2.45, 2.75) is 143 Å². The molecule has 0 aromatic heterocycles. The molecule has 54 heavy (non-hydrogen) atoms. The van der Waals surface area contributed by atoms with Crippen LogP contribution in [0.4, 0.5) is 0 Å². The molecular formula is C31H55N3O20. The van der Waals surface area contributed by atoms with Crippen molar-refractivity contribution >= 4 is 11.8 Å².